The molecule has 1 aromatic heterocycles. The van der Waals surface area contributed by atoms with Gasteiger partial charge in [0, 0.05) is 6.42 Å². The number of hydrogen-bond acceptors (Lipinski definition) is 6. The predicted octanol–water partition coefficient (Wildman–Crippen LogP) is 1.90. The van der Waals surface area contributed by atoms with Crippen LogP contribution in [-0.4, -0.2) is 29.2 Å². The molecule has 1 heterocycles. The van der Waals surface area contributed by atoms with Gasteiger partial charge in [-0.25, -0.2) is 4.79 Å². The Bertz CT molecular complexity index is 581. The van der Waals surface area contributed by atoms with E-state index in [1.807, 2.05) is 12.1 Å². The molecule has 2 rings (SSSR count). The number of ether oxygens (including phenoxy) is 1. The molecular formula is C13H13N3O3S. The minimum Gasteiger partial charge on any atom is -0.465 e. The minimum absolute atomic E-state index is 0.112. The van der Waals surface area contributed by atoms with E-state index < -0.39 is 0 Å². The van der Waals surface area contributed by atoms with Crippen molar-refractivity contribution in [3.8, 4) is 0 Å². The normalized spacial score (nSPS) is 10.1. The summed E-state index contributed by atoms with van der Waals surface area (Å²) in [5.41, 5.74) is 3.03. The molecule has 1 amide bonds. The third-order valence-electron chi connectivity index (χ3n) is 2.62. The summed E-state index contributed by atoms with van der Waals surface area (Å²) < 4.78 is 4.62. The highest BCUT2D eigenvalue weighted by atomic mass is 32.1. The number of amides is 1. The lowest BCUT2D eigenvalue weighted by Crippen LogP contribution is -2.12. The molecule has 0 fully saturated rings. The SMILES string of the molecule is COC(=O)c1ccc(CCC(=O)Nc2nncs2)cc1. The van der Waals surface area contributed by atoms with Crippen LogP contribution in [0.25, 0.3) is 0 Å². The summed E-state index contributed by atoms with van der Waals surface area (Å²) >= 11 is 1.28. The molecule has 0 saturated carbocycles. The zero-order chi connectivity index (χ0) is 14.4. The molecule has 6 nitrogen and oxygen atoms in total. The number of hydrogen-bond donors (Lipinski definition) is 1. The molecule has 0 saturated heterocycles. The van der Waals surface area contributed by atoms with Crippen molar-refractivity contribution in [3.63, 3.8) is 0 Å². The first-order valence-corrected chi connectivity index (χ1v) is 6.80. The molecule has 2 aromatic rings. The Labute approximate surface area is 119 Å². The van der Waals surface area contributed by atoms with Crippen molar-refractivity contribution in [1.82, 2.24) is 10.2 Å². The Hall–Kier alpha value is -2.28. The second kappa shape index (κ2) is 6.76. The third-order valence-corrected chi connectivity index (χ3v) is 3.23. The lowest BCUT2D eigenvalue weighted by molar-refractivity contribution is -0.116. The first-order chi connectivity index (χ1) is 9.69. The van der Waals surface area contributed by atoms with Crippen LogP contribution < -0.4 is 5.32 Å². The van der Waals surface area contributed by atoms with Gasteiger partial charge in [-0.15, -0.1) is 10.2 Å². The van der Waals surface area contributed by atoms with E-state index in [0.717, 1.165) is 5.56 Å². The van der Waals surface area contributed by atoms with Gasteiger partial charge in [0.15, 0.2) is 0 Å². The molecule has 20 heavy (non-hydrogen) atoms. The third kappa shape index (κ3) is 3.86. The largest absolute Gasteiger partial charge is 0.465 e. The van der Waals surface area contributed by atoms with E-state index in [-0.39, 0.29) is 11.9 Å². The van der Waals surface area contributed by atoms with E-state index in [4.69, 9.17) is 0 Å². The number of nitrogens with one attached hydrogen (secondary N) is 1. The van der Waals surface area contributed by atoms with Crippen LogP contribution in [0.3, 0.4) is 0 Å². The van der Waals surface area contributed by atoms with E-state index in [2.05, 4.69) is 20.3 Å². The van der Waals surface area contributed by atoms with Gasteiger partial charge in [-0.2, -0.15) is 0 Å². The van der Waals surface area contributed by atoms with Crippen molar-refractivity contribution in [1.29, 1.82) is 0 Å². The summed E-state index contributed by atoms with van der Waals surface area (Å²) in [4.78, 5) is 22.9. The molecule has 0 aliphatic heterocycles. The number of carbonyl (C=O) groups is 2. The zero-order valence-electron chi connectivity index (χ0n) is 10.8. The Morgan fingerprint density at radius 3 is 2.65 bits per heavy atom. The van der Waals surface area contributed by atoms with Crippen molar-refractivity contribution in [2.45, 2.75) is 12.8 Å². The van der Waals surface area contributed by atoms with Crippen molar-refractivity contribution in [2.75, 3.05) is 12.4 Å². The molecule has 0 aliphatic carbocycles. The maximum atomic E-state index is 11.7. The second-order valence-electron chi connectivity index (χ2n) is 3.98. The van der Waals surface area contributed by atoms with Crippen LogP contribution in [0, 0.1) is 0 Å². The van der Waals surface area contributed by atoms with E-state index in [1.165, 1.54) is 18.4 Å². The fraction of sp³-hybridized carbons (Fsp3) is 0.231. The van der Waals surface area contributed by atoms with Crippen LogP contribution in [0.4, 0.5) is 5.13 Å². The summed E-state index contributed by atoms with van der Waals surface area (Å²) in [5.74, 6) is -0.482. The smallest absolute Gasteiger partial charge is 0.337 e. The van der Waals surface area contributed by atoms with Crippen LogP contribution in [0.5, 0.6) is 0 Å². The van der Waals surface area contributed by atoms with Crippen molar-refractivity contribution < 1.29 is 14.3 Å². The molecule has 1 N–H and O–H groups in total. The Morgan fingerprint density at radius 2 is 2.05 bits per heavy atom. The van der Waals surface area contributed by atoms with Crippen LogP contribution in [0.15, 0.2) is 29.8 Å². The molecule has 1 aromatic carbocycles. The molecule has 0 spiro atoms. The van der Waals surface area contributed by atoms with Crippen LogP contribution in [0.1, 0.15) is 22.3 Å². The first-order valence-electron chi connectivity index (χ1n) is 5.92. The maximum Gasteiger partial charge on any atom is 0.337 e. The van der Waals surface area contributed by atoms with E-state index in [0.29, 0.717) is 23.5 Å². The number of methoxy groups -OCH3 is 1. The average Bonchev–Trinajstić information content (AvgIpc) is 2.97. The highest BCUT2D eigenvalue weighted by molar-refractivity contribution is 7.13. The van der Waals surface area contributed by atoms with Gasteiger partial charge in [0.25, 0.3) is 0 Å². The molecule has 0 bridgehead atoms. The number of aryl methyl sites for hydroxylation is 1. The van der Waals surface area contributed by atoms with Gasteiger partial charge < -0.3 is 10.1 Å². The lowest BCUT2D eigenvalue weighted by atomic mass is 10.1. The molecule has 104 valence electrons. The number of aromatic nitrogens is 2. The molecule has 0 atom stereocenters. The van der Waals surface area contributed by atoms with E-state index >= 15 is 0 Å². The van der Waals surface area contributed by atoms with Gasteiger partial charge in [0.1, 0.15) is 5.51 Å². The predicted molar refractivity (Wildman–Crippen MR) is 74.6 cm³/mol. The monoisotopic (exact) mass is 291 g/mol. The summed E-state index contributed by atoms with van der Waals surface area (Å²) in [7, 11) is 1.34. The van der Waals surface area contributed by atoms with Crippen LogP contribution in [0.2, 0.25) is 0 Å². The number of carbonyl (C=O) groups excluding carboxylic acids is 2. The van der Waals surface area contributed by atoms with E-state index in [9.17, 15) is 9.59 Å². The molecule has 7 heteroatoms. The van der Waals surface area contributed by atoms with Crippen LogP contribution >= 0.6 is 11.3 Å². The van der Waals surface area contributed by atoms with Gasteiger partial charge in [-0.1, -0.05) is 23.5 Å². The Kier molecular flexibility index (Phi) is 4.78. The van der Waals surface area contributed by atoms with Gasteiger partial charge >= 0.3 is 5.97 Å². The number of benzene rings is 1. The minimum atomic E-state index is -0.370. The standard InChI is InChI=1S/C13H13N3O3S/c1-19-12(18)10-5-2-9(3-6-10)4-7-11(17)15-13-16-14-8-20-13/h2-3,5-6,8H,4,7H2,1H3,(H,15,16,17). The summed E-state index contributed by atoms with van der Waals surface area (Å²) in [6, 6.07) is 6.99. The Balaban J connectivity index is 1.84. The molecule has 0 radical (unpaired) electrons. The highest BCUT2D eigenvalue weighted by Gasteiger charge is 2.07. The number of rotatable bonds is 5. The summed E-state index contributed by atoms with van der Waals surface area (Å²) in [6.07, 6.45) is 0.934. The molecular weight excluding hydrogens is 278 g/mol. The zero-order valence-corrected chi connectivity index (χ0v) is 11.6. The van der Waals surface area contributed by atoms with E-state index in [1.54, 1.807) is 17.6 Å². The van der Waals surface area contributed by atoms with Gasteiger partial charge in [-0.3, -0.25) is 4.79 Å². The number of esters is 1. The second-order valence-corrected chi connectivity index (χ2v) is 4.81. The maximum absolute atomic E-state index is 11.7. The average molecular weight is 291 g/mol. The summed E-state index contributed by atoms with van der Waals surface area (Å²) in [6.45, 7) is 0. The Morgan fingerprint density at radius 1 is 1.30 bits per heavy atom. The molecule has 0 unspecified atom stereocenters. The fourth-order valence-corrected chi connectivity index (χ4v) is 2.05. The number of nitrogens with zero attached hydrogens (tertiary/aromatic N) is 2. The topological polar surface area (TPSA) is 81.2 Å². The quantitative estimate of drug-likeness (QED) is 0.851. The lowest BCUT2D eigenvalue weighted by Gasteiger charge is -2.03. The first kappa shape index (κ1) is 14.1. The van der Waals surface area contributed by atoms with Crippen molar-refractivity contribution >= 4 is 28.3 Å². The summed E-state index contributed by atoms with van der Waals surface area (Å²) in [5, 5.41) is 10.5. The van der Waals surface area contributed by atoms with Crippen LogP contribution in [-0.2, 0) is 16.0 Å². The van der Waals surface area contributed by atoms with Crippen molar-refractivity contribution in [3.05, 3.63) is 40.9 Å². The van der Waals surface area contributed by atoms with Crippen molar-refractivity contribution in [2.24, 2.45) is 0 Å². The van der Waals surface area contributed by atoms with Gasteiger partial charge in [0.2, 0.25) is 11.0 Å². The van der Waals surface area contributed by atoms with Gasteiger partial charge in [0.05, 0.1) is 12.7 Å². The fourth-order valence-electron chi connectivity index (χ4n) is 1.59. The van der Waals surface area contributed by atoms with Gasteiger partial charge in [-0.05, 0) is 24.1 Å². The number of anilines is 1. The highest BCUT2D eigenvalue weighted by Crippen LogP contribution is 2.11. The molecule has 0 aliphatic rings.